The Morgan fingerprint density at radius 1 is 1.12 bits per heavy atom. The van der Waals surface area contributed by atoms with Crippen LogP contribution in [0.25, 0.3) is 11.0 Å². The Balaban J connectivity index is 1.51. The predicted octanol–water partition coefficient (Wildman–Crippen LogP) is 3.68. The minimum absolute atomic E-state index is 0.122. The fraction of sp³-hybridized carbons (Fsp3) is 0.174. The van der Waals surface area contributed by atoms with Gasteiger partial charge in [-0.2, -0.15) is 0 Å². The number of hydrogen-bond acceptors (Lipinski definition) is 8. The molecule has 0 bridgehead atoms. The predicted molar refractivity (Wildman–Crippen MR) is 121 cm³/mol. The third-order valence-corrected chi connectivity index (χ3v) is 5.52. The number of benzene rings is 1. The van der Waals surface area contributed by atoms with Crippen LogP contribution in [0.15, 0.2) is 64.7 Å². The van der Waals surface area contributed by atoms with Gasteiger partial charge in [-0.3, -0.25) is 9.78 Å². The smallest absolute Gasteiger partial charge is 0.338 e. The Kier molecular flexibility index (Phi) is 6.46. The summed E-state index contributed by atoms with van der Waals surface area (Å²) in [6.07, 6.45) is 1.73. The average Bonchev–Trinajstić information content (AvgIpc) is 2.81. The molecular formula is C23H20N4O4S. The van der Waals surface area contributed by atoms with E-state index < -0.39 is 11.5 Å². The molecule has 3 heterocycles. The fourth-order valence-corrected chi connectivity index (χ4v) is 3.90. The molecule has 1 aromatic carbocycles. The second-order valence-corrected chi connectivity index (χ2v) is 7.88. The zero-order valence-corrected chi connectivity index (χ0v) is 18.3. The summed E-state index contributed by atoms with van der Waals surface area (Å²) in [6.45, 7) is 2.11. The molecule has 0 amide bonds. The molecule has 162 valence electrons. The van der Waals surface area contributed by atoms with Crippen molar-refractivity contribution in [2.45, 2.75) is 24.4 Å². The highest BCUT2D eigenvalue weighted by Gasteiger charge is 2.17. The molecule has 0 unspecified atom stereocenters. The number of ether oxygens (including phenoxy) is 2. The van der Waals surface area contributed by atoms with Gasteiger partial charge in [0.2, 0.25) is 0 Å². The van der Waals surface area contributed by atoms with E-state index in [0.29, 0.717) is 23.2 Å². The first kappa shape index (κ1) is 21.5. The van der Waals surface area contributed by atoms with Crippen LogP contribution in [0.4, 0.5) is 0 Å². The number of thioether (sulfide) groups is 1. The second kappa shape index (κ2) is 9.61. The number of carbonyl (C=O) groups excluding carboxylic acids is 1. The molecule has 0 atom stereocenters. The van der Waals surface area contributed by atoms with Gasteiger partial charge in [0.05, 0.1) is 23.8 Å². The number of rotatable bonds is 7. The molecule has 0 spiro atoms. The number of methoxy groups -OCH3 is 1. The number of aryl methyl sites for hydroxylation is 1. The van der Waals surface area contributed by atoms with Gasteiger partial charge in [-0.25, -0.2) is 14.8 Å². The molecule has 0 fully saturated rings. The van der Waals surface area contributed by atoms with Gasteiger partial charge in [0.15, 0.2) is 10.8 Å². The van der Waals surface area contributed by atoms with E-state index in [1.54, 1.807) is 13.1 Å². The fourth-order valence-electron chi connectivity index (χ4n) is 3.10. The van der Waals surface area contributed by atoms with Crippen molar-refractivity contribution in [2.24, 2.45) is 0 Å². The summed E-state index contributed by atoms with van der Waals surface area (Å²) in [4.78, 5) is 40.4. The lowest BCUT2D eigenvalue weighted by atomic mass is 10.1. The number of carbonyl (C=O) groups is 1. The Morgan fingerprint density at radius 3 is 2.78 bits per heavy atom. The number of esters is 1. The van der Waals surface area contributed by atoms with Crippen LogP contribution in [0.1, 0.15) is 27.3 Å². The molecule has 1 N–H and O–H groups in total. The molecule has 32 heavy (non-hydrogen) atoms. The standard InChI is InChI=1S/C23H20N4O4S/c1-14-10-18(22(29)30-2)19-20(25-14)26-23(27-21(19)28)32-13-15-6-5-8-17(11-15)31-12-16-7-3-4-9-24-16/h3-11H,12-13H2,1-2H3,(H,25,26,27,28). The highest BCUT2D eigenvalue weighted by molar-refractivity contribution is 7.98. The monoisotopic (exact) mass is 448 g/mol. The lowest BCUT2D eigenvalue weighted by Gasteiger charge is -2.09. The number of hydrogen-bond donors (Lipinski definition) is 1. The van der Waals surface area contributed by atoms with E-state index in [1.165, 1.54) is 24.9 Å². The molecule has 0 radical (unpaired) electrons. The third kappa shape index (κ3) is 4.94. The maximum atomic E-state index is 12.7. The van der Waals surface area contributed by atoms with Gasteiger partial charge in [-0.05, 0) is 42.8 Å². The van der Waals surface area contributed by atoms with Gasteiger partial charge in [0.25, 0.3) is 5.56 Å². The zero-order chi connectivity index (χ0) is 22.5. The van der Waals surface area contributed by atoms with E-state index in [0.717, 1.165) is 17.0 Å². The number of pyridine rings is 2. The molecule has 8 nitrogen and oxygen atoms in total. The summed E-state index contributed by atoms with van der Waals surface area (Å²) in [5.74, 6) is 0.690. The summed E-state index contributed by atoms with van der Waals surface area (Å²) in [6, 6.07) is 14.9. The van der Waals surface area contributed by atoms with Gasteiger partial charge in [0.1, 0.15) is 12.4 Å². The molecule has 4 rings (SSSR count). The topological polar surface area (TPSA) is 107 Å². The maximum absolute atomic E-state index is 12.7. The maximum Gasteiger partial charge on any atom is 0.338 e. The van der Waals surface area contributed by atoms with Crippen molar-refractivity contribution in [3.63, 3.8) is 0 Å². The minimum atomic E-state index is -0.601. The van der Waals surface area contributed by atoms with Gasteiger partial charge in [-0.15, -0.1) is 0 Å². The molecule has 0 aliphatic heterocycles. The normalized spacial score (nSPS) is 10.8. The first-order valence-corrected chi connectivity index (χ1v) is 10.8. The largest absolute Gasteiger partial charge is 0.487 e. The van der Waals surface area contributed by atoms with Crippen LogP contribution in [0, 0.1) is 6.92 Å². The summed E-state index contributed by atoms with van der Waals surface area (Å²) in [5.41, 5.74) is 2.35. The van der Waals surface area contributed by atoms with E-state index in [-0.39, 0.29) is 16.6 Å². The number of nitrogens with one attached hydrogen (secondary N) is 1. The number of aromatic nitrogens is 4. The van der Waals surface area contributed by atoms with Crippen LogP contribution in [-0.2, 0) is 17.1 Å². The summed E-state index contributed by atoms with van der Waals surface area (Å²) in [7, 11) is 1.27. The number of nitrogens with zero attached hydrogens (tertiary/aromatic N) is 3. The summed E-state index contributed by atoms with van der Waals surface area (Å²) < 4.78 is 10.6. The van der Waals surface area contributed by atoms with Crippen molar-refractivity contribution < 1.29 is 14.3 Å². The second-order valence-electron chi connectivity index (χ2n) is 6.92. The molecule has 3 aromatic heterocycles. The van der Waals surface area contributed by atoms with Gasteiger partial charge in [-0.1, -0.05) is 30.0 Å². The van der Waals surface area contributed by atoms with Gasteiger partial charge >= 0.3 is 5.97 Å². The third-order valence-electron chi connectivity index (χ3n) is 4.58. The lowest BCUT2D eigenvalue weighted by Crippen LogP contribution is -2.16. The van der Waals surface area contributed by atoms with Crippen LogP contribution >= 0.6 is 11.8 Å². The summed E-state index contributed by atoms with van der Waals surface area (Å²) in [5, 5.41) is 0.535. The SMILES string of the molecule is COC(=O)c1cc(C)nc2nc(SCc3cccc(OCc4ccccn4)c3)[nH]c(=O)c12. The van der Waals surface area contributed by atoms with E-state index in [9.17, 15) is 9.59 Å². The van der Waals surface area contributed by atoms with Crippen LogP contribution in [0.2, 0.25) is 0 Å². The van der Waals surface area contributed by atoms with Crippen molar-refractivity contribution in [1.29, 1.82) is 0 Å². The van der Waals surface area contributed by atoms with Crippen molar-refractivity contribution >= 4 is 28.8 Å². The van der Waals surface area contributed by atoms with Crippen LogP contribution in [0.3, 0.4) is 0 Å². The first-order valence-electron chi connectivity index (χ1n) is 9.78. The zero-order valence-electron chi connectivity index (χ0n) is 17.5. The lowest BCUT2D eigenvalue weighted by molar-refractivity contribution is 0.0602. The Bertz CT molecular complexity index is 1320. The van der Waals surface area contributed by atoms with Gasteiger partial charge < -0.3 is 14.5 Å². The summed E-state index contributed by atoms with van der Waals surface area (Å²) >= 11 is 1.36. The first-order chi connectivity index (χ1) is 15.5. The molecule has 0 aliphatic rings. The van der Waals surface area contributed by atoms with Crippen molar-refractivity contribution in [2.75, 3.05) is 7.11 Å². The molecule has 9 heteroatoms. The minimum Gasteiger partial charge on any atom is -0.487 e. The Labute approximate surface area is 188 Å². The van der Waals surface area contributed by atoms with Crippen LogP contribution in [-0.4, -0.2) is 33.0 Å². The molecule has 0 aliphatic carbocycles. The quantitative estimate of drug-likeness (QED) is 0.259. The van der Waals surface area contributed by atoms with Crippen LogP contribution in [0.5, 0.6) is 5.75 Å². The number of H-pyrrole nitrogens is 1. The van der Waals surface area contributed by atoms with E-state index >= 15 is 0 Å². The van der Waals surface area contributed by atoms with E-state index in [4.69, 9.17) is 9.47 Å². The Hall–Kier alpha value is -3.72. The van der Waals surface area contributed by atoms with E-state index in [2.05, 4.69) is 19.9 Å². The van der Waals surface area contributed by atoms with Crippen molar-refractivity contribution in [3.05, 3.63) is 87.6 Å². The molecule has 0 saturated heterocycles. The highest BCUT2D eigenvalue weighted by atomic mass is 32.2. The average molecular weight is 449 g/mol. The van der Waals surface area contributed by atoms with Crippen LogP contribution < -0.4 is 10.3 Å². The highest BCUT2D eigenvalue weighted by Crippen LogP contribution is 2.23. The van der Waals surface area contributed by atoms with E-state index in [1.807, 2.05) is 42.5 Å². The number of fused-ring (bicyclic) bond motifs is 1. The van der Waals surface area contributed by atoms with Crippen molar-refractivity contribution in [1.82, 2.24) is 19.9 Å². The number of aromatic amines is 1. The molecule has 4 aromatic rings. The van der Waals surface area contributed by atoms with Crippen molar-refractivity contribution in [3.8, 4) is 5.75 Å². The molecular weight excluding hydrogens is 428 g/mol. The Morgan fingerprint density at radius 2 is 2.00 bits per heavy atom. The van der Waals surface area contributed by atoms with Gasteiger partial charge in [0, 0.05) is 17.6 Å². The molecule has 0 saturated carbocycles.